The third-order valence-electron chi connectivity index (χ3n) is 3.60. The van der Waals surface area contributed by atoms with Crippen LogP contribution in [-0.2, 0) is 11.3 Å². The Hall–Kier alpha value is -1.85. The molecular weight excluding hydrogens is 258 g/mol. The van der Waals surface area contributed by atoms with Crippen LogP contribution >= 0.6 is 0 Å². The molecule has 1 N–H and O–H groups in total. The molecule has 1 aromatic heterocycles. The standard InChI is InChI=1S/C15H17NO4/c1-10-8-16(6-7-19-10)9-12-11-4-2-3-5-13(11)20-14(12)15(17)18/h2-5,10H,6-9H2,1H3,(H,17,18)/t10-/m1/s1. The summed E-state index contributed by atoms with van der Waals surface area (Å²) >= 11 is 0. The molecule has 5 heteroatoms. The largest absolute Gasteiger partial charge is 0.475 e. The molecule has 1 aliphatic rings. The number of fused-ring (bicyclic) bond motifs is 1. The molecule has 0 aliphatic carbocycles. The topological polar surface area (TPSA) is 62.9 Å². The lowest BCUT2D eigenvalue weighted by atomic mass is 10.1. The average Bonchev–Trinajstić information content (AvgIpc) is 2.78. The van der Waals surface area contributed by atoms with Gasteiger partial charge in [0, 0.05) is 30.6 Å². The molecule has 5 nitrogen and oxygen atoms in total. The Morgan fingerprint density at radius 3 is 3.00 bits per heavy atom. The molecule has 3 rings (SSSR count). The van der Waals surface area contributed by atoms with E-state index in [1.54, 1.807) is 6.07 Å². The number of nitrogens with zero attached hydrogens (tertiary/aromatic N) is 1. The molecule has 1 aliphatic heterocycles. The van der Waals surface area contributed by atoms with Crippen LogP contribution in [0.2, 0.25) is 0 Å². The van der Waals surface area contributed by atoms with Crippen LogP contribution in [0.5, 0.6) is 0 Å². The molecule has 0 amide bonds. The van der Waals surface area contributed by atoms with Crippen molar-refractivity contribution < 1.29 is 19.1 Å². The highest BCUT2D eigenvalue weighted by Gasteiger charge is 2.24. The summed E-state index contributed by atoms with van der Waals surface area (Å²) in [4.78, 5) is 13.6. The van der Waals surface area contributed by atoms with Crippen molar-refractivity contribution in [2.24, 2.45) is 0 Å². The van der Waals surface area contributed by atoms with Crippen LogP contribution in [0.3, 0.4) is 0 Å². The number of ether oxygens (including phenoxy) is 1. The predicted molar refractivity (Wildman–Crippen MR) is 73.9 cm³/mol. The van der Waals surface area contributed by atoms with Crippen molar-refractivity contribution in [2.45, 2.75) is 19.6 Å². The van der Waals surface area contributed by atoms with Gasteiger partial charge in [-0.05, 0) is 13.0 Å². The van der Waals surface area contributed by atoms with Gasteiger partial charge in [0.1, 0.15) is 5.58 Å². The highest BCUT2D eigenvalue weighted by Crippen LogP contribution is 2.27. The maximum absolute atomic E-state index is 11.4. The smallest absolute Gasteiger partial charge is 0.372 e. The lowest BCUT2D eigenvalue weighted by Crippen LogP contribution is -2.40. The van der Waals surface area contributed by atoms with Gasteiger partial charge in [-0.3, -0.25) is 4.90 Å². The van der Waals surface area contributed by atoms with Crippen LogP contribution in [0.4, 0.5) is 0 Å². The molecule has 1 fully saturated rings. The Balaban J connectivity index is 1.96. The second-order valence-corrected chi connectivity index (χ2v) is 5.13. The van der Waals surface area contributed by atoms with Gasteiger partial charge >= 0.3 is 5.97 Å². The highest BCUT2D eigenvalue weighted by atomic mass is 16.5. The zero-order chi connectivity index (χ0) is 14.1. The molecule has 1 atom stereocenters. The number of carboxylic acid groups (broad SMARTS) is 1. The van der Waals surface area contributed by atoms with E-state index in [2.05, 4.69) is 4.90 Å². The molecule has 0 radical (unpaired) electrons. The average molecular weight is 275 g/mol. The number of furan rings is 1. The van der Waals surface area contributed by atoms with Gasteiger partial charge < -0.3 is 14.3 Å². The fourth-order valence-corrected chi connectivity index (χ4v) is 2.69. The highest BCUT2D eigenvalue weighted by molar-refractivity contribution is 5.95. The quantitative estimate of drug-likeness (QED) is 0.931. The molecule has 0 unspecified atom stereocenters. The van der Waals surface area contributed by atoms with E-state index in [-0.39, 0.29) is 11.9 Å². The molecule has 1 saturated heterocycles. The molecule has 2 aromatic rings. The Bertz CT molecular complexity index is 634. The maximum atomic E-state index is 11.4. The van der Waals surface area contributed by atoms with Crippen molar-refractivity contribution in [3.8, 4) is 0 Å². The van der Waals surface area contributed by atoms with E-state index in [1.165, 1.54) is 0 Å². The molecule has 0 saturated carbocycles. The number of aromatic carboxylic acids is 1. The Morgan fingerprint density at radius 1 is 1.45 bits per heavy atom. The van der Waals surface area contributed by atoms with Crippen LogP contribution in [0.15, 0.2) is 28.7 Å². The maximum Gasteiger partial charge on any atom is 0.372 e. The first-order valence-electron chi connectivity index (χ1n) is 6.73. The van der Waals surface area contributed by atoms with Crippen molar-refractivity contribution in [2.75, 3.05) is 19.7 Å². The van der Waals surface area contributed by atoms with E-state index < -0.39 is 5.97 Å². The Labute approximate surface area is 116 Å². The minimum atomic E-state index is -1.02. The van der Waals surface area contributed by atoms with Crippen LogP contribution in [-0.4, -0.2) is 41.8 Å². The number of hydrogen-bond acceptors (Lipinski definition) is 4. The van der Waals surface area contributed by atoms with Crippen molar-refractivity contribution in [3.05, 3.63) is 35.6 Å². The van der Waals surface area contributed by atoms with Crippen LogP contribution in [0.1, 0.15) is 23.0 Å². The van der Waals surface area contributed by atoms with Gasteiger partial charge in [0.05, 0.1) is 12.7 Å². The summed E-state index contributed by atoms with van der Waals surface area (Å²) < 4.78 is 11.0. The number of rotatable bonds is 3. The zero-order valence-corrected chi connectivity index (χ0v) is 11.3. The molecule has 0 spiro atoms. The normalized spacial score (nSPS) is 20.4. The molecular formula is C15H17NO4. The molecule has 1 aromatic carbocycles. The molecule has 2 heterocycles. The first kappa shape index (κ1) is 13.1. The third kappa shape index (κ3) is 2.42. The summed E-state index contributed by atoms with van der Waals surface area (Å²) in [5, 5.41) is 10.2. The van der Waals surface area contributed by atoms with E-state index >= 15 is 0 Å². The fraction of sp³-hybridized carbons (Fsp3) is 0.400. The van der Waals surface area contributed by atoms with Gasteiger partial charge in [-0.2, -0.15) is 0 Å². The summed E-state index contributed by atoms with van der Waals surface area (Å²) in [5.41, 5.74) is 1.38. The Kier molecular flexibility index (Phi) is 3.46. The summed E-state index contributed by atoms with van der Waals surface area (Å²) in [6.07, 6.45) is 0.176. The summed E-state index contributed by atoms with van der Waals surface area (Å²) in [7, 11) is 0. The van der Waals surface area contributed by atoms with Gasteiger partial charge in [0.2, 0.25) is 5.76 Å². The van der Waals surface area contributed by atoms with Crippen molar-refractivity contribution in [1.82, 2.24) is 4.90 Å². The van der Waals surface area contributed by atoms with Crippen molar-refractivity contribution >= 4 is 16.9 Å². The van der Waals surface area contributed by atoms with E-state index in [0.717, 1.165) is 24.0 Å². The number of carboxylic acids is 1. The first-order valence-corrected chi connectivity index (χ1v) is 6.73. The lowest BCUT2D eigenvalue weighted by Gasteiger charge is -2.30. The van der Waals surface area contributed by atoms with Crippen LogP contribution in [0.25, 0.3) is 11.0 Å². The van der Waals surface area contributed by atoms with Crippen LogP contribution in [0, 0.1) is 0 Å². The molecule has 0 bridgehead atoms. The Morgan fingerprint density at radius 2 is 2.25 bits per heavy atom. The molecule has 106 valence electrons. The third-order valence-corrected chi connectivity index (χ3v) is 3.60. The minimum Gasteiger partial charge on any atom is -0.475 e. The number of benzene rings is 1. The van der Waals surface area contributed by atoms with E-state index in [1.807, 2.05) is 25.1 Å². The SMILES string of the molecule is C[C@@H]1CN(Cc2c(C(=O)O)oc3ccccc23)CCO1. The van der Waals surface area contributed by atoms with Gasteiger partial charge in [0.15, 0.2) is 0 Å². The number of carbonyl (C=O) groups is 1. The van der Waals surface area contributed by atoms with E-state index in [9.17, 15) is 9.90 Å². The van der Waals surface area contributed by atoms with Gasteiger partial charge in [-0.1, -0.05) is 18.2 Å². The van der Waals surface area contributed by atoms with Gasteiger partial charge in [0.25, 0.3) is 0 Å². The lowest BCUT2D eigenvalue weighted by molar-refractivity contribution is -0.0212. The first-order chi connectivity index (χ1) is 9.65. The van der Waals surface area contributed by atoms with Crippen LogP contribution < -0.4 is 0 Å². The van der Waals surface area contributed by atoms with E-state index in [0.29, 0.717) is 18.7 Å². The predicted octanol–water partition coefficient (Wildman–Crippen LogP) is 2.35. The van der Waals surface area contributed by atoms with E-state index in [4.69, 9.17) is 9.15 Å². The second-order valence-electron chi connectivity index (χ2n) is 5.13. The minimum absolute atomic E-state index is 0.0466. The number of para-hydroxylation sites is 1. The van der Waals surface area contributed by atoms with Gasteiger partial charge in [-0.25, -0.2) is 4.79 Å². The zero-order valence-electron chi connectivity index (χ0n) is 11.3. The monoisotopic (exact) mass is 275 g/mol. The number of hydrogen-bond donors (Lipinski definition) is 1. The van der Waals surface area contributed by atoms with Gasteiger partial charge in [-0.15, -0.1) is 0 Å². The second kappa shape index (κ2) is 5.26. The summed E-state index contributed by atoms with van der Waals surface area (Å²) in [6.45, 7) is 4.89. The summed E-state index contributed by atoms with van der Waals surface area (Å²) in [6, 6.07) is 7.45. The van der Waals surface area contributed by atoms with Crippen molar-refractivity contribution in [3.63, 3.8) is 0 Å². The van der Waals surface area contributed by atoms with Crippen molar-refractivity contribution in [1.29, 1.82) is 0 Å². The fourth-order valence-electron chi connectivity index (χ4n) is 2.69. The number of morpholine rings is 1. The molecule has 20 heavy (non-hydrogen) atoms. The summed E-state index contributed by atoms with van der Waals surface area (Å²) in [5.74, 6) is -0.970.